The van der Waals surface area contributed by atoms with Crippen LogP contribution in [0.15, 0.2) is 64.5 Å². The van der Waals surface area contributed by atoms with E-state index in [1.54, 1.807) is 18.2 Å². The molecule has 2 aromatic rings. The standard InChI is InChI=1S/C16H14N2O2S/c19-21(20)15-9-5-4-8-12(15)16(18-21)17-14-10-13(14)11-6-2-1-3-7-11/h1-9,13-14H,10H2,(H,17,18)/t13-,14+/m0/s1. The Kier molecular flexibility index (Phi) is 2.65. The van der Waals surface area contributed by atoms with Gasteiger partial charge in [-0.3, -0.25) is 9.71 Å². The van der Waals surface area contributed by atoms with Crippen LogP contribution in [0, 0.1) is 0 Å². The second kappa shape index (κ2) is 4.43. The van der Waals surface area contributed by atoms with E-state index < -0.39 is 10.0 Å². The summed E-state index contributed by atoms with van der Waals surface area (Å²) in [7, 11) is -3.44. The summed E-state index contributed by atoms with van der Waals surface area (Å²) in [6.07, 6.45) is 0.970. The normalized spacial score (nSPS) is 27.1. The van der Waals surface area contributed by atoms with Crippen molar-refractivity contribution in [1.29, 1.82) is 0 Å². The van der Waals surface area contributed by atoms with Crippen molar-refractivity contribution in [3.63, 3.8) is 0 Å². The molecule has 0 unspecified atom stereocenters. The minimum Gasteiger partial charge on any atom is -0.263 e. The maximum Gasteiger partial charge on any atom is 0.263 e. The summed E-state index contributed by atoms with van der Waals surface area (Å²) in [6, 6.07) is 17.4. The zero-order valence-electron chi connectivity index (χ0n) is 11.2. The molecule has 1 N–H and O–H groups in total. The van der Waals surface area contributed by atoms with Crippen molar-refractivity contribution in [3.8, 4) is 0 Å². The van der Waals surface area contributed by atoms with Crippen LogP contribution in [0.1, 0.15) is 23.5 Å². The molecule has 0 bridgehead atoms. The van der Waals surface area contributed by atoms with Crippen LogP contribution in [0.3, 0.4) is 0 Å². The van der Waals surface area contributed by atoms with Gasteiger partial charge in [0, 0.05) is 11.5 Å². The van der Waals surface area contributed by atoms with E-state index >= 15 is 0 Å². The lowest BCUT2D eigenvalue weighted by Crippen LogP contribution is -2.22. The van der Waals surface area contributed by atoms with Crippen LogP contribution in [0.5, 0.6) is 0 Å². The highest BCUT2D eigenvalue weighted by Crippen LogP contribution is 2.44. The molecule has 4 rings (SSSR count). The summed E-state index contributed by atoms with van der Waals surface area (Å²) >= 11 is 0. The topological polar surface area (TPSA) is 58.5 Å². The number of rotatable bonds is 2. The number of sulfonamides is 1. The molecule has 0 radical (unpaired) electrons. The van der Waals surface area contributed by atoms with Crippen LogP contribution in [0.25, 0.3) is 0 Å². The van der Waals surface area contributed by atoms with Crippen LogP contribution in [-0.4, -0.2) is 20.3 Å². The lowest BCUT2D eigenvalue weighted by Gasteiger charge is -1.99. The Bertz CT molecular complexity index is 828. The van der Waals surface area contributed by atoms with E-state index in [1.165, 1.54) is 5.56 Å². The third-order valence-electron chi connectivity index (χ3n) is 3.94. The van der Waals surface area contributed by atoms with E-state index in [0.717, 1.165) is 6.42 Å². The summed E-state index contributed by atoms with van der Waals surface area (Å²) < 4.78 is 26.6. The minimum atomic E-state index is -3.44. The van der Waals surface area contributed by atoms with Crippen molar-refractivity contribution in [2.75, 3.05) is 0 Å². The fourth-order valence-corrected chi connectivity index (χ4v) is 4.02. The van der Waals surface area contributed by atoms with Gasteiger partial charge >= 0.3 is 0 Å². The summed E-state index contributed by atoms with van der Waals surface area (Å²) in [5, 5.41) is 0. The summed E-state index contributed by atoms with van der Waals surface area (Å²) in [5.74, 6) is 0.880. The number of nitrogens with one attached hydrogen (secondary N) is 1. The first-order valence-corrected chi connectivity index (χ1v) is 8.38. The number of benzene rings is 2. The molecule has 5 heteroatoms. The van der Waals surface area contributed by atoms with Crippen molar-refractivity contribution < 1.29 is 8.42 Å². The zero-order valence-corrected chi connectivity index (χ0v) is 12.0. The molecular weight excluding hydrogens is 284 g/mol. The first kappa shape index (κ1) is 12.6. The van der Waals surface area contributed by atoms with Gasteiger partial charge in [-0.15, -0.1) is 0 Å². The first-order valence-electron chi connectivity index (χ1n) is 6.90. The number of aliphatic imine (C=N–C) groups is 1. The molecule has 1 saturated carbocycles. The molecule has 2 aromatic carbocycles. The Morgan fingerprint density at radius 2 is 1.71 bits per heavy atom. The number of amidine groups is 1. The van der Waals surface area contributed by atoms with Gasteiger partial charge in [0.2, 0.25) is 0 Å². The predicted molar refractivity (Wildman–Crippen MR) is 80.9 cm³/mol. The monoisotopic (exact) mass is 298 g/mol. The van der Waals surface area contributed by atoms with Gasteiger partial charge in [0.25, 0.3) is 10.0 Å². The Morgan fingerprint density at radius 1 is 1.00 bits per heavy atom. The molecule has 21 heavy (non-hydrogen) atoms. The third-order valence-corrected chi connectivity index (χ3v) is 5.34. The summed E-state index contributed by atoms with van der Waals surface area (Å²) in [4.78, 5) is 4.93. The molecule has 106 valence electrons. The Hall–Kier alpha value is -2.14. The molecule has 0 saturated heterocycles. The summed E-state index contributed by atoms with van der Waals surface area (Å²) in [6.45, 7) is 0. The quantitative estimate of drug-likeness (QED) is 0.924. The minimum absolute atomic E-state index is 0.163. The van der Waals surface area contributed by atoms with Crippen LogP contribution in [0.2, 0.25) is 0 Å². The molecule has 1 fully saturated rings. The molecule has 2 aliphatic rings. The van der Waals surface area contributed by atoms with Crippen LogP contribution in [-0.2, 0) is 10.0 Å². The third kappa shape index (κ3) is 2.14. The van der Waals surface area contributed by atoms with Crippen molar-refractivity contribution in [3.05, 3.63) is 65.7 Å². The Morgan fingerprint density at radius 3 is 2.52 bits per heavy atom. The zero-order chi connectivity index (χ0) is 14.4. The fourth-order valence-electron chi connectivity index (χ4n) is 2.78. The second-order valence-corrected chi connectivity index (χ2v) is 7.05. The van der Waals surface area contributed by atoms with Crippen molar-refractivity contribution in [2.24, 2.45) is 4.99 Å². The van der Waals surface area contributed by atoms with E-state index in [0.29, 0.717) is 22.2 Å². The maximum atomic E-state index is 12.0. The SMILES string of the molecule is O=S1(=O)NC(=N[C@@H]2C[C@H]2c2ccccc2)c2ccccc21. The van der Waals surface area contributed by atoms with Crippen molar-refractivity contribution in [1.82, 2.24) is 4.72 Å². The fraction of sp³-hybridized carbons (Fsp3) is 0.188. The van der Waals surface area contributed by atoms with Gasteiger partial charge in [-0.25, -0.2) is 8.42 Å². The Balaban J connectivity index is 1.65. The predicted octanol–water partition coefficient (Wildman–Crippen LogP) is 2.28. The van der Waals surface area contributed by atoms with Gasteiger partial charge < -0.3 is 0 Å². The number of nitrogens with zero attached hydrogens (tertiary/aromatic N) is 1. The number of hydrogen-bond donors (Lipinski definition) is 1. The molecule has 1 aliphatic carbocycles. The summed E-state index contributed by atoms with van der Waals surface area (Å²) in [5.41, 5.74) is 1.94. The first-order chi connectivity index (χ1) is 10.1. The second-order valence-electron chi connectivity index (χ2n) is 5.40. The van der Waals surface area contributed by atoms with Gasteiger partial charge in [0.05, 0.1) is 10.9 Å². The highest BCUT2D eigenvalue weighted by Gasteiger charge is 2.40. The largest absolute Gasteiger partial charge is 0.263 e. The molecule has 0 spiro atoms. The van der Waals surface area contributed by atoms with E-state index in [1.807, 2.05) is 24.3 Å². The van der Waals surface area contributed by atoms with Crippen LogP contribution in [0.4, 0.5) is 0 Å². The molecular formula is C16H14N2O2S. The molecule has 1 heterocycles. The number of fused-ring (bicyclic) bond motifs is 1. The highest BCUT2D eigenvalue weighted by atomic mass is 32.2. The molecule has 2 atom stereocenters. The van der Waals surface area contributed by atoms with Gasteiger partial charge in [0.1, 0.15) is 5.84 Å². The Labute approximate surface area is 123 Å². The van der Waals surface area contributed by atoms with Gasteiger partial charge in [-0.05, 0) is 24.1 Å². The van der Waals surface area contributed by atoms with Gasteiger partial charge in [-0.1, -0.05) is 42.5 Å². The van der Waals surface area contributed by atoms with Gasteiger partial charge in [0.15, 0.2) is 0 Å². The molecule has 0 amide bonds. The van der Waals surface area contributed by atoms with Crippen LogP contribution < -0.4 is 4.72 Å². The lowest BCUT2D eigenvalue weighted by molar-refractivity contribution is 0.595. The molecule has 4 nitrogen and oxygen atoms in total. The van der Waals surface area contributed by atoms with E-state index in [-0.39, 0.29) is 6.04 Å². The average molecular weight is 298 g/mol. The maximum absolute atomic E-state index is 12.0. The van der Waals surface area contributed by atoms with Gasteiger partial charge in [-0.2, -0.15) is 0 Å². The lowest BCUT2D eigenvalue weighted by atomic mass is 10.1. The van der Waals surface area contributed by atoms with E-state index in [9.17, 15) is 8.42 Å². The van der Waals surface area contributed by atoms with Crippen molar-refractivity contribution >= 4 is 15.9 Å². The van der Waals surface area contributed by atoms with Crippen molar-refractivity contribution in [2.45, 2.75) is 23.3 Å². The molecule has 0 aromatic heterocycles. The van der Waals surface area contributed by atoms with E-state index in [2.05, 4.69) is 21.8 Å². The molecule has 1 aliphatic heterocycles. The number of hydrogen-bond acceptors (Lipinski definition) is 3. The highest BCUT2D eigenvalue weighted by molar-refractivity contribution is 7.90. The smallest absolute Gasteiger partial charge is 0.263 e. The van der Waals surface area contributed by atoms with Crippen LogP contribution >= 0.6 is 0 Å². The van der Waals surface area contributed by atoms with E-state index in [4.69, 9.17) is 0 Å². The average Bonchev–Trinajstić information content (AvgIpc) is 3.21.